The van der Waals surface area contributed by atoms with Gasteiger partial charge in [-0.15, -0.1) is 0 Å². The van der Waals surface area contributed by atoms with E-state index in [1.165, 1.54) is 18.7 Å². The van der Waals surface area contributed by atoms with Crippen molar-refractivity contribution in [3.63, 3.8) is 0 Å². The molecule has 1 aromatic carbocycles. The molecule has 0 amide bonds. The predicted octanol–water partition coefficient (Wildman–Crippen LogP) is 4.76. The SMILES string of the molecule is FC(F)(F)c1cc(Nc2ccc(-c3cncnc3)cc2)nc(-c2ccncc2)n1. The summed E-state index contributed by atoms with van der Waals surface area (Å²) in [5, 5.41) is 2.91. The van der Waals surface area contributed by atoms with Gasteiger partial charge in [-0.05, 0) is 29.8 Å². The Morgan fingerprint density at radius 2 is 1.41 bits per heavy atom. The van der Waals surface area contributed by atoms with Gasteiger partial charge in [0.25, 0.3) is 0 Å². The number of halogens is 3. The van der Waals surface area contributed by atoms with Crippen molar-refractivity contribution in [1.29, 1.82) is 0 Å². The van der Waals surface area contributed by atoms with Gasteiger partial charge in [-0.2, -0.15) is 13.2 Å². The van der Waals surface area contributed by atoms with Gasteiger partial charge < -0.3 is 5.32 Å². The van der Waals surface area contributed by atoms with Gasteiger partial charge in [0, 0.05) is 47.7 Å². The summed E-state index contributed by atoms with van der Waals surface area (Å²) in [7, 11) is 0. The summed E-state index contributed by atoms with van der Waals surface area (Å²) in [5.41, 5.74) is 1.71. The third kappa shape index (κ3) is 4.34. The van der Waals surface area contributed by atoms with E-state index >= 15 is 0 Å². The molecule has 0 aliphatic carbocycles. The van der Waals surface area contributed by atoms with Crippen LogP contribution in [0.25, 0.3) is 22.5 Å². The summed E-state index contributed by atoms with van der Waals surface area (Å²) in [5.74, 6) is -0.00212. The first-order chi connectivity index (χ1) is 14.0. The average Bonchev–Trinajstić information content (AvgIpc) is 2.75. The lowest BCUT2D eigenvalue weighted by atomic mass is 10.1. The van der Waals surface area contributed by atoms with E-state index in [0.29, 0.717) is 11.3 Å². The van der Waals surface area contributed by atoms with E-state index in [2.05, 4.69) is 30.2 Å². The average molecular weight is 394 g/mol. The first-order valence-corrected chi connectivity index (χ1v) is 8.48. The Hall–Kier alpha value is -3.88. The van der Waals surface area contributed by atoms with Crippen LogP contribution in [0.15, 0.2) is 73.6 Å². The van der Waals surface area contributed by atoms with E-state index in [4.69, 9.17) is 0 Å². The van der Waals surface area contributed by atoms with Gasteiger partial charge >= 0.3 is 6.18 Å². The number of nitrogens with one attached hydrogen (secondary N) is 1. The number of aromatic nitrogens is 5. The first kappa shape index (κ1) is 18.5. The fourth-order valence-electron chi connectivity index (χ4n) is 2.63. The number of benzene rings is 1. The van der Waals surface area contributed by atoms with E-state index in [9.17, 15) is 13.2 Å². The molecule has 0 fully saturated rings. The molecule has 4 aromatic rings. The Balaban J connectivity index is 1.66. The number of alkyl halides is 3. The quantitative estimate of drug-likeness (QED) is 0.538. The molecule has 3 heterocycles. The maximum absolute atomic E-state index is 13.3. The van der Waals surface area contributed by atoms with Crippen molar-refractivity contribution in [2.75, 3.05) is 5.32 Å². The fraction of sp³-hybridized carbons (Fsp3) is 0.0500. The van der Waals surface area contributed by atoms with Crippen molar-refractivity contribution in [2.24, 2.45) is 0 Å². The standard InChI is InChI=1S/C20H13F3N6/c21-20(22,23)17-9-18(29-19(28-17)14-5-7-24-8-6-14)27-16-3-1-13(2-4-16)15-10-25-12-26-11-15/h1-12H,(H,27,28,29). The molecule has 1 N–H and O–H groups in total. The molecular formula is C20H13F3N6. The van der Waals surface area contributed by atoms with Gasteiger partial charge in [-0.25, -0.2) is 19.9 Å². The van der Waals surface area contributed by atoms with Gasteiger partial charge in [0.2, 0.25) is 0 Å². The van der Waals surface area contributed by atoms with Crippen molar-refractivity contribution in [2.45, 2.75) is 6.18 Å². The van der Waals surface area contributed by atoms with Crippen LogP contribution in [0.5, 0.6) is 0 Å². The zero-order valence-corrected chi connectivity index (χ0v) is 14.8. The van der Waals surface area contributed by atoms with Crippen LogP contribution < -0.4 is 5.32 Å². The van der Waals surface area contributed by atoms with E-state index in [1.54, 1.807) is 36.7 Å². The number of nitrogens with zero attached hydrogens (tertiary/aromatic N) is 5. The van der Waals surface area contributed by atoms with Crippen LogP contribution in [0, 0.1) is 0 Å². The summed E-state index contributed by atoms with van der Waals surface area (Å²) >= 11 is 0. The molecule has 6 nitrogen and oxygen atoms in total. The minimum absolute atomic E-state index is 0.0370. The van der Waals surface area contributed by atoms with Crippen LogP contribution in [0.3, 0.4) is 0 Å². The second-order valence-corrected chi connectivity index (χ2v) is 6.03. The maximum Gasteiger partial charge on any atom is 0.433 e. The molecule has 0 saturated carbocycles. The Bertz CT molecular complexity index is 1100. The second-order valence-electron chi connectivity index (χ2n) is 6.03. The summed E-state index contributed by atoms with van der Waals surface area (Å²) in [6.07, 6.45) is 3.13. The highest BCUT2D eigenvalue weighted by molar-refractivity contribution is 5.67. The first-order valence-electron chi connectivity index (χ1n) is 8.48. The normalized spacial score (nSPS) is 11.3. The molecule has 0 atom stereocenters. The zero-order chi connectivity index (χ0) is 20.3. The summed E-state index contributed by atoms with van der Waals surface area (Å²) in [6, 6.07) is 11.1. The Morgan fingerprint density at radius 1 is 0.724 bits per heavy atom. The Morgan fingerprint density at radius 3 is 2.07 bits per heavy atom. The molecule has 0 aliphatic rings. The molecule has 4 rings (SSSR count). The van der Waals surface area contributed by atoms with Gasteiger partial charge in [-0.1, -0.05) is 12.1 Å². The highest BCUT2D eigenvalue weighted by Crippen LogP contribution is 2.31. The van der Waals surface area contributed by atoms with Gasteiger partial charge in [-0.3, -0.25) is 4.98 Å². The molecule has 9 heteroatoms. The fourth-order valence-corrected chi connectivity index (χ4v) is 2.63. The van der Waals surface area contributed by atoms with Gasteiger partial charge in [0.05, 0.1) is 0 Å². The predicted molar refractivity (Wildman–Crippen MR) is 101 cm³/mol. The highest BCUT2D eigenvalue weighted by Gasteiger charge is 2.33. The molecule has 0 spiro atoms. The molecule has 0 bridgehead atoms. The summed E-state index contributed by atoms with van der Waals surface area (Å²) in [6.45, 7) is 0. The van der Waals surface area contributed by atoms with Crippen molar-refractivity contribution < 1.29 is 13.2 Å². The lowest BCUT2D eigenvalue weighted by Crippen LogP contribution is -2.11. The van der Waals surface area contributed by atoms with Crippen molar-refractivity contribution in [3.8, 4) is 22.5 Å². The van der Waals surface area contributed by atoms with Crippen molar-refractivity contribution >= 4 is 11.5 Å². The molecule has 0 aliphatic heterocycles. The molecule has 3 aromatic heterocycles. The molecule has 0 radical (unpaired) electrons. The van der Waals surface area contributed by atoms with Crippen LogP contribution in [0.1, 0.15) is 5.69 Å². The Labute approximate surface area is 163 Å². The van der Waals surface area contributed by atoms with E-state index < -0.39 is 11.9 Å². The number of hydrogen-bond acceptors (Lipinski definition) is 6. The molecular weight excluding hydrogens is 381 g/mol. The molecule has 29 heavy (non-hydrogen) atoms. The minimum atomic E-state index is -4.60. The van der Waals surface area contributed by atoms with E-state index in [1.807, 2.05) is 12.1 Å². The molecule has 0 unspecified atom stereocenters. The highest BCUT2D eigenvalue weighted by atomic mass is 19.4. The second kappa shape index (κ2) is 7.63. The van der Waals surface area contributed by atoms with Crippen LogP contribution in [-0.4, -0.2) is 24.9 Å². The zero-order valence-electron chi connectivity index (χ0n) is 14.8. The van der Waals surface area contributed by atoms with Crippen LogP contribution in [0.4, 0.5) is 24.7 Å². The monoisotopic (exact) mass is 394 g/mol. The lowest BCUT2D eigenvalue weighted by molar-refractivity contribution is -0.141. The van der Waals surface area contributed by atoms with Crippen molar-refractivity contribution in [1.82, 2.24) is 24.9 Å². The largest absolute Gasteiger partial charge is 0.433 e. The van der Waals surface area contributed by atoms with Gasteiger partial charge in [0.15, 0.2) is 11.5 Å². The third-order valence-electron chi connectivity index (χ3n) is 4.01. The van der Waals surface area contributed by atoms with Crippen LogP contribution >= 0.6 is 0 Å². The number of anilines is 2. The Kier molecular flexibility index (Phi) is 4.86. The van der Waals surface area contributed by atoms with Crippen molar-refractivity contribution in [3.05, 3.63) is 79.3 Å². The molecule has 0 saturated heterocycles. The van der Waals surface area contributed by atoms with E-state index in [0.717, 1.165) is 17.2 Å². The minimum Gasteiger partial charge on any atom is -0.340 e. The number of pyridine rings is 1. The maximum atomic E-state index is 13.3. The van der Waals surface area contributed by atoms with E-state index in [-0.39, 0.29) is 11.6 Å². The number of hydrogen-bond donors (Lipinski definition) is 1. The molecule has 144 valence electrons. The van der Waals surface area contributed by atoms with Gasteiger partial charge in [0.1, 0.15) is 12.1 Å². The summed E-state index contributed by atoms with van der Waals surface area (Å²) < 4.78 is 39.9. The van der Waals surface area contributed by atoms with Crippen LogP contribution in [-0.2, 0) is 6.18 Å². The lowest BCUT2D eigenvalue weighted by Gasteiger charge is -2.12. The third-order valence-corrected chi connectivity index (χ3v) is 4.01. The summed E-state index contributed by atoms with van der Waals surface area (Å²) in [4.78, 5) is 19.7. The number of rotatable bonds is 4. The topological polar surface area (TPSA) is 76.5 Å². The smallest absolute Gasteiger partial charge is 0.340 e. The van der Waals surface area contributed by atoms with Crippen LogP contribution in [0.2, 0.25) is 0 Å².